The Bertz CT molecular complexity index is 846. The molecule has 0 saturated carbocycles. The van der Waals surface area contributed by atoms with Gasteiger partial charge in [0, 0.05) is 5.56 Å². The van der Waals surface area contributed by atoms with Crippen LogP contribution in [-0.2, 0) is 14.3 Å². The van der Waals surface area contributed by atoms with E-state index in [4.69, 9.17) is 9.47 Å². The van der Waals surface area contributed by atoms with Crippen molar-refractivity contribution in [1.29, 1.82) is 0 Å². The van der Waals surface area contributed by atoms with Crippen molar-refractivity contribution >= 4 is 29.1 Å². The lowest BCUT2D eigenvalue weighted by molar-refractivity contribution is -0.135. The van der Waals surface area contributed by atoms with Crippen molar-refractivity contribution in [1.82, 2.24) is 0 Å². The fourth-order valence-electron chi connectivity index (χ4n) is 2.10. The Kier molecular flexibility index (Phi) is 7.25. The Labute approximate surface area is 157 Å². The predicted octanol–water partition coefficient (Wildman–Crippen LogP) is 3.08. The van der Waals surface area contributed by atoms with E-state index < -0.39 is 11.9 Å². The summed E-state index contributed by atoms with van der Waals surface area (Å²) in [6.07, 6.45) is 0. The molecule has 0 aliphatic heterocycles. The van der Waals surface area contributed by atoms with E-state index in [9.17, 15) is 14.4 Å². The van der Waals surface area contributed by atoms with Gasteiger partial charge in [0.15, 0.2) is 12.4 Å². The molecule has 0 heterocycles. The average Bonchev–Trinajstić information content (AvgIpc) is 2.71. The third kappa shape index (κ3) is 5.78. The minimum Gasteiger partial charge on any atom is -0.461 e. The summed E-state index contributed by atoms with van der Waals surface area (Å²) in [7, 11) is 0. The van der Waals surface area contributed by atoms with E-state index in [1.807, 2.05) is 0 Å². The first-order valence-electron chi connectivity index (χ1n) is 8.34. The SMILES string of the molecule is CCOC(=O)/C(C)=N/Nc1ccccc1C(=O)OCC(=O)c1ccccc1. The summed E-state index contributed by atoms with van der Waals surface area (Å²) in [5.41, 5.74) is 3.77. The number of Topliss-reactive ketones (excluding diaryl/α,β-unsaturated/α-hetero) is 1. The van der Waals surface area contributed by atoms with Crippen LogP contribution in [0.1, 0.15) is 34.6 Å². The lowest BCUT2D eigenvalue weighted by Crippen LogP contribution is -2.17. The third-order valence-electron chi connectivity index (χ3n) is 3.49. The number of hydrogen-bond acceptors (Lipinski definition) is 7. The summed E-state index contributed by atoms with van der Waals surface area (Å²) >= 11 is 0. The van der Waals surface area contributed by atoms with Crippen molar-refractivity contribution in [3.05, 3.63) is 65.7 Å². The molecule has 1 N–H and O–H groups in total. The second-order valence-electron chi connectivity index (χ2n) is 5.44. The minimum absolute atomic E-state index is 0.110. The smallest absolute Gasteiger partial charge is 0.354 e. The fourth-order valence-corrected chi connectivity index (χ4v) is 2.10. The maximum Gasteiger partial charge on any atom is 0.354 e. The van der Waals surface area contributed by atoms with E-state index in [-0.39, 0.29) is 30.3 Å². The molecule has 0 saturated heterocycles. The summed E-state index contributed by atoms with van der Waals surface area (Å²) in [6.45, 7) is 3.05. The summed E-state index contributed by atoms with van der Waals surface area (Å²) in [5.74, 6) is -1.53. The van der Waals surface area contributed by atoms with Gasteiger partial charge in [0.25, 0.3) is 0 Å². The molecule has 0 unspecified atom stereocenters. The Morgan fingerprint density at radius 1 is 0.963 bits per heavy atom. The molecule has 0 spiro atoms. The van der Waals surface area contributed by atoms with Gasteiger partial charge in [-0.2, -0.15) is 5.10 Å². The standard InChI is InChI=1S/C20H20N2O5/c1-3-26-19(24)14(2)21-22-17-12-8-7-11-16(17)20(25)27-13-18(23)15-9-5-4-6-10-15/h4-12,22H,3,13H2,1-2H3/b21-14+. The lowest BCUT2D eigenvalue weighted by Gasteiger charge is -2.09. The molecule has 2 aromatic rings. The molecule has 140 valence electrons. The number of nitrogens with one attached hydrogen (secondary N) is 1. The van der Waals surface area contributed by atoms with Crippen LogP contribution in [0.15, 0.2) is 59.7 Å². The van der Waals surface area contributed by atoms with Crippen molar-refractivity contribution in [2.75, 3.05) is 18.6 Å². The van der Waals surface area contributed by atoms with Crippen molar-refractivity contribution in [2.24, 2.45) is 5.10 Å². The quantitative estimate of drug-likeness (QED) is 0.333. The first-order valence-corrected chi connectivity index (χ1v) is 8.34. The zero-order chi connectivity index (χ0) is 19.6. The summed E-state index contributed by atoms with van der Waals surface area (Å²) < 4.78 is 9.95. The summed E-state index contributed by atoms with van der Waals surface area (Å²) in [4.78, 5) is 36.0. The maximum absolute atomic E-state index is 12.3. The molecule has 0 atom stereocenters. The number of carbonyl (C=O) groups is 3. The van der Waals surface area contributed by atoms with Crippen LogP contribution in [0.4, 0.5) is 5.69 Å². The van der Waals surface area contributed by atoms with E-state index in [0.717, 1.165) is 0 Å². The van der Waals surface area contributed by atoms with Gasteiger partial charge in [-0.15, -0.1) is 0 Å². The molecule has 2 aromatic carbocycles. The zero-order valence-electron chi connectivity index (χ0n) is 15.1. The third-order valence-corrected chi connectivity index (χ3v) is 3.49. The Morgan fingerprint density at radius 3 is 2.33 bits per heavy atom. The van der Waals surface area contributed by atoms with E-state index in [0.29, 0.717) is 11.3 Å². The van der Waals surface area contributed by atoms with Crippen LogP contribution >= 0.6 is 0 Å². The van der Waals surface area contributed by atoms with Crippen molar-refractivity contribution in [2.45, 2.75) is 13.8 Å². The monoisotopic (exact) mass is 368 g/mol. The molecule has 0 radical (unpaired) electrons. The lowest BCUT2D eigenvalue weighted by atomic mass is 10.1. The molecule has 0 aliphatic carbocycles. The highest BCUT2D eigenvalue weighted by atomic mass is 16.5. The molecule has 2 rings (SSSR count). The van der Waals surface area contributed by atoms with E-state index in [1.54, 1.807) is 55.5 Å². The van der Waals surface area contributed by atoms with Crippen molar-refractivity contribution in [3.8, 4) is 0 Å². The number of rotatable bonds is 8. The number of ether oxygens (including phenoxy) is 2. The van der Waals surface area contributed by atoms with Gasteiger partial charge >= 0.3 is 11.9 Å². The number of anilines is 1. The van der Waals surface area contributed by atoms with Crippen LogP contribution in [-0.4, -0.2) is 36.6 Å². The first kappa shape index (κ1) is 19.8. The Morgan fingerprint density at radius 2 is 1.63 bits per heavy atom. The molecule has 0 aromatic heterocycles. The van der Waals surface area contributed by atoms with E-state index >= 15 is 0 Å². The van der Waals surface area contributed by atoms with Gasteiger partial charge in [0.1, 0.15) is 5.71 Å². The Balaban J connectivity index is 2.03. The molecular formula is C20H20N2O5. The molecule has 0 fully saturated rings. The van der Waals surface area contributed by atoms with E-state index in [2.05, 4.69) is 10.5 Å². The van der Waals surface area contributed by atoms with Crippen molar-refractivity contribution in [3.63, 3.8) is 0 Å². The van der Waals surface area contributed by atoms with Gasteiger partial charge in [-0.1, -0.05) is 42.5 Å². The largest absolute Gasteiger partial charge is 0.461 e. The Hall–Kier alpha value is -3.48. The summed E-state index contributed by atoms with van der Waals surface area (Å²) in [6, 6.07) is 15.1. The van der Waals surface area contributed by atoms with E-state index in [1.165, 1.54) is 13.0 Å². The predicted molar refractivity (Wildman–Crippen MR) is 101 cm³/mol. The topological polar surface area (TPSA) is 94.1 Å². The van der Waals surface area contributed by atoms with Gasteiger partial charge < -0.3 is 9.47 Å². The van der Waals surface area contributed by atoms with Crippen LogP contribution in [0.3, 0.4) is 0 Å². The van der Waals surface area contributed by atoms with Crippen molar-refractivity contribution < 1.29 is 23.9 Å². The number of carbonyl (C=O) groups excluding carboxylic acids is 3. The molecule has 0 bridgehead atoms. The van der Waals surface area contributed by atoms with Crippen LogP contribution in [0, 0.1) is 0 Å². The van der Waals surface area contributed by atoms with Gasteiger partial charge in [0.2, 0.25) is 0 Å². The number of hydrazone groups is 1. The first-order chi connectivity index (χ1) is 13.0. The highest BCUT2D eigenvalue weighted by Gasteiger charge is 2.15. The van der Waals surface area contributed by atoms with Crippen LogP contribution < -0.4 is 5.43 Å². The van der Waals surface area contributed by atoms with Gasteiger partial charge in [-0.25, -0.2) is 9.59 Å². The number of ketones is 1. The van der Waals surface area contributed by atoms with Gasteiger partial charge in [-0.05, 0) is 26.0 Å². The van der Waals surface area contributed by atoms with Crippen LogP contribution in [0.2, 0.25) is 0 Å². The normalized spacial score (nSPS) is 10.8. The second-order valence-corrected chi connectivity index (χ2v) is 5.44. The second kappa shape index (κ2) is 9.86. The van der Waals surface area contributed by atoms with Crippen LogP contribution in [0.25, 0.3) is 0 Å². The molecular weight excluding hydrogens is 348 g/mol. The average molecular weight is 368 g/mol. The van der Waals surface area contributed by atoms with Gasteiger partial charge in [-0.3, -0.25) is 10.2 Å². The molecule has 7 nitrogen and oxygen atoms in total. The van der Waals surface area contributed by atoms with Crippen LogP contribution in [0.5, 0.6) is 0 Å². The minimum atomic E-state index is -0.675. The maximum atomic E-state index is 12.3. The molecule has 7 heteroatoms. The molecule has 27 heavy (non-hydrogen) atoms. The number of hydrogen-bond donors (Lipinski definition) is 1. The highest BCUT2D eigenvalue weighted by molar-refractivity contribution is 6.35. The summed E-state index contributed by atoms with van der Waals surface area (Å²) in [5, 5.41) is 3.92. The highest BCUT2D eigenvalue weighted by Crippen LogP contribution is 2.16. The number of nitrogens with zero attached hydrogens (tertiary/aromatic N) is 1. The number of esters is 2. The molecule has 0 amide bonds. The number of para-hydroxylation sites is 1. The van der Waals surface area contributed by atoms with Gasteiger partial charge in [0.05, 0.1) is 17.9 Å². The fraction of sp³-hybridized carbons (Fsp3) is 0.200. The number of benzene rings is 2. The zero-order valence-corrected chi connectivity index (χ0v) is 15.1. The molecule has 0 aliphatic rings.